The van der Waals surface area contributed by atoms with Crippen LogP contribution in [0, 0.1) is 5.82 Å². The van der Waals surface area contributed by atoms with Crippen LogP contribution in [-0.4, -0.2) is 28.0 Å². The lowest BCUT2D eigenvalue weighted by Gasteiger charge is -2.16. The van der Waals surface area contributed by atoms with Crippen LogP contribution >= 0.6 is 11.6 Å². The van der Waals surface area contributed by atoms with Crippen LogP contribution in [0.25, 0.3) is 0 Å². The molecule has 1 heterocycles. The summed E-state index contributed by atoms with van der Waals surface area (Å²) in [6, 6.07) is -0.594. The predicted octanol–water partition coefficient (Wildman–Crippen LogP) is 1.59. The molecular formula is C10H14ClFN4O. The summed E-state index contributed by atoms with van der Waals surface area (Å²) in [5.41, 5.74) is 0. The summed E-state index contributed by atoms with van der Waals surface area (Å²) in [6.07, 6.45) is 0.949. The monoisotopic (exact) mass is 260 g/mol. The molecule has 0 aliphatic heterocycles. The van der Waals surface area contributed by atoms with E-state index in [0.717, 1.165) is 6.20 Å². The van der Waals surface area contributed by atoms with E-state index >= 15 is 0 Å². The van der Waals surface area contributed by atoms with Crippen molar-refractivity contribution >= 4 is 23.3 Å². The minimum atomic E-state index is -0.654. The Kier molecular flexibility index (Phi) is 4.62. The van der Waals surface area contributed by atoms with Gasteiger partial charge in [-0.1, -0.05) is 0 Å². The summed E-state index contributed by atoms with van der Waals surface area (Å²) in [5.74, 6) is -0.982. The molecule has 0 fully saturated rings. The average molecular weight is 261 g/mol. The molecule has 17 heavy (non-hydrogen) atoms. The molecule has 1 unspecified atom stereocenters. The highest BCUT2D eigenvalue weighted by molar-refractivity contribution is 6.28. The van der Waals surface area contributed by atoms with Crippen LogP contribution in [-0.2, 0) is 4.79 Å². The molecule has 0 spiro atoms. The molecule has 1 aromatic rings. The topological polar surface area (TPSA) is 66.9 Å². The lowest BCUT2D eigenvalue weighted by atomic mass is 10.3. The van der Waals surface area contributed by atoms with Gasteiger partial charge in [0.05, 0.1) is 6.20 Å². The van der Waals surface area contributed by atoms with Gasteiger partial charge in [0.2, 0.25) is 11.2 Å². The van der Waals surface area contributed by atoms with Crippen molar-refractivity contribution in [2.24, 2.45) is 0 Å². The standard InChI is InChI=1S/C10H14ClFN4O/c1-5(2)14-9(17)6(3)15-8-7(12)4-13-10(11)16-8/h4-6H,1-3H3,(H,14,17)(H,13,15,16). The fourth-order valence-electron chi connectivity index (χ4n) is 1.13. The number of carbonyl (C=O) groups is 1. The van der Waals surface area contributed by atoms with E-state index in [9.17, 15) is 9.18 Å². The first-order valence-corrected chi connectivity index (χ1v) is 5.53. The van der Waals surface area contributed by atoms with Crippen molar-refractivity contribution in [3.63, 3.8) is 0 Å². The van der Waals surface area contributed by atoms with Gasteiger partial charge >= 0.3 is 0 Å². The van der Waals surface area contributed by atoms with Gasteiger partial charge in [0.1, 0.15) is 6.04 Å². The van der Waals surface area contributed by atoms with Crippen LogP contribution in [0.4, 0.5) is 10.2 Å². The van der Waals surface area contributed by atoms with Crippen molar-refractivity contribution in [3.8, 4) is 0 Å². The number of halogens is 2. The summed E-state index contributed by atoms with van der Waals surface area (Å²) >= 11 is 5.53. The van der Waals surface area contributed by atoms with Gasteiger partial charge in [-0.25, -0.2) is 9.37 Å². The number of carbonyl (C=O) groups excluding carboxylic acids is 1. The summed E-state index contributed by atoms with van der Waals surface area (Å²) < 4.78 is 13.3. The van der Waals surface area contributed by atoms with Crippen LogP contribution in [0.15, 0.2) is 6.20 Å². The maximum absolute atomic E-state index is 13.3. The molecule has 0 aliphatic carbocycles. The molecule has 0 radical (unpaired) electrons. The van der Waals surface area contributed by atoms with Gasteiger partial charge in [0.15, 0.2) is 11.6 Å². The Balaban J connectivity index is 2.70. The van der Waals surface area contributed by atoms with Gasteiger partial charge in [-0.15, -0.1) is 0 Å². The number of amides is 1. The fourth-order valence-corrected chi connectivity index (χ4v) is 1.26. The van der Waals surface area contributed by atoms with E-state index in [4.69, 9.17) is 11.6 Å². The molecule has 1 aromatic heterocycles. The van der Waals surface area contributed by atoms with Gasteiger partial charge in [0, 0.05) is 6.04 Å². The fraction of sp³-hybridized carbons (Fsp3) is 0.500. The van der Waals surface area contributed by atoms with Gasteiger partial charge < -0.3 is 10.6 Å². The third kappa shape index (κ3) is 4.14. The van der Waals surface area contributed by atoms with E-state index in [1.54, 1.807) is 6.92 Å². The number of nitrogens with one attached hydrogen (secondary N) is 2. The van der Waals surface area contributed by atoms with E-state index in [2.05, 4.69) is 20.6 Å². The van der Waals surface area contributed by atoms with Gasteiger partial charge in [0.25, 0.3) is 0 Å². The van der Waals surface area contributed by atoms with Crippen molar-refractivity contribution in [3.05, 3.63) is 17.3 Å². The van der Waals surface area contributed by atoms with E-state index in [0.29, 0.717) is 0 Å². The van der Waals surface area contributed by atoms with E-state index in [1.807, 2.05) is 13.8 Å². The zero-order valence-electron chi connectivity index (χ0n) is 9.79. The molecular weight excluding hydrogens is 247 g/mol. The number of hydrogen-bond donors (Lipinski definition) is 2. The highest BCUT2D eigenvalue weighted by Crippen LogP contribution is 2.12. The second kappa shape index (κ2) is 5.77. The quantitative estimate of drug-likeness (QED) is 0.807. The van der Waals surface area contributed by atoms with Gasteiger partial charge in [-0.3, -0.25) is 4.79 Å². The normalized spacial score (nSPS) is 12.4. The molecule has 1 atom stereocenters. The maximum atomic E-state index is 13.3. The Morgan fingerprint density at radius 3 is 2.71 bits per heavy atom. The third-order valence-corrected chi connectivity index (χ3v) is 2.07. The Bertz CT molecular complexity index is 413. The van der Waals surface area contributed by atoms with Crippen molar-refractivity contribution in [1.29, 1.82) is 0 Å². The van der Waals surface area contributed by atoms with Crippen molar-refractivity contribution in [2.45, 2.75) is 32.9 Å². The molecule has 0 saturated heterocycles. The van der Waals surface area contributed by atoms with E-state index in [-0.39, 0.29) is 23.1 Å². The Labute approximate surface area is 104 Å². The predicted molar refractivity (Wildman–Crippen MR) is 63.4 cm³/mol. The lowest BCUT2D eigenvalue weighted by molar-refractivity contribution is -0.122. The zero-order valence-corrected chi connectivity index (χ0v) is 10.5. The highest BCUT2D eigenvalue weighted by atomic mass is 35.5. The van der Waals surface area contributed by atoms with Crippen molar-refractivity contribution in [2.75, 3.05) is 5.32 Å². The second-order valence-electron chi connectivity index (χ2n) is 3.86. The molecule has 2 N–H and O–H groups in total. The molecule has 1 amide bonds. The number of rotatable bonds is 4. The molecule has 0 bridgehead atoms. The SMILES string of the molecule is CC(C)NC(=O)C(C)Nc1nc(Cl)ncc1F. The molecule has 5 nitrogen and oxygen atoms in total. The molecule has 7 heteroatoms. The van der Waals surface area contributed by atoms with Crippen LogP contribution in [0.2, 0.25) is 5.28 Å². The average Bonchev–Trinajstić information content (AvgIpc) is 2.22. The van der Waals surface area contributed by atoms with Crippen molar-refractivity contribution in [1.82, 2.24) is 15.3 Å². The number of aromatic nitrogens is 2. The zero-order chi connectivity index (χ0) is 13.0. The molecule has 0 saturated carbocycles. The van der Waals surface area contributed by atoms with E-state index < -0.39 is 11.9 Å². The van der Waals surface area contributed by atoms with E-state index in [1.165, 1.54) is 0 Å². The number of nitrogens with zero attached hydrogens (tertiary/aromatic N) is 2. The van der Waals surface area contributed by atoms with Crippen LogP contribution in [0.1, 0.15) is 20.8 Å². The first-order chi connectivity index (χ1) is 7.90. The van der Waals surface area contributed by atoms with Crippen molar-refractivity contribution < 1.29 is 9.18 Å². The van der Waals surface area contributed by atoms with Gasteiger partial charge in [-0.2, -0.15) is 4.98 Å². The molecule has 94 valence electrons. The lowest BCUT2D eigenvalue weighted by Crippen LogP contribution is -2.41. The molecule has 0 aromatic carbocycles. The minimum Gasteiger partial charge on any atom is -0.356 e. The Morgan fingerprint density at radius 2 is 2.12 bits per heavy atom. The number of anilines is 1. The highest BCUT2D eigenvalue weighted by Gasteiger charge is 2.16. The number of hydrogen-bond acceptors (Lipinski definition) is 4. The van der Waals surface area contributed by atoms with Crippen LogP contribution in [0.5, 0.6) is 0 Å². The van der Waals surface area contributed by atoms with Crippen LogP contribution in [0.3, 0.4) is 0 Å². The minimum absolute atomic E-state index is 0.0191. The van der Waals surface area contributed by atoms with Crippen LogP contribution < -0.4 is 10.6 Å². The summed E-state index contributed by atoms with van der Waals surface area (Å²) in [6.45, 7) is 5.28. The maximum Gasteiger partial charge on any atom is 0.242 e. The Morgan fingerprint density at radius 1 is 1.47 bits per heavy atom. The molecule has 1 rings (SSSR count). The smallest absolute Gasteiger partial charge is 0.242 e. The summed E-state index contributed by atoms with van der Waals surface area (Å²) in [7, 11) is 0. The molecule has 0 aliphatic rings. The first kappa shape index (κ1) is 13.6. The van der Waals surface area contributed by atoms with Gasteiger partial charge in [-0.05, 0) is 32.4 Å². The summed E-state index contributed by atoms with van der Waals surface area (Å²) in [5, 5.41) is 5.25. The first-order valence-electron chi connectivity index (χ1n) is 5.15. The largest absolute Gasteiger partial charge is 0.356 e. The Hall–Kier alpha value is -1.43. The third-order valence-electron chi connectivity index (χ3n) is 1.89. The summed E-state index contributed by atoms with van der Waals surface area (Å²) in [4.78, 5) is 18.7. The second-order valence-corrected chi connectivity index (χ2v) is 4.20.